The highest BCUT2D eigenvalue weighted by molar-refractivity contribution is 7.81. The Morgan fingerprint density at radius 3 is 1.95 bits per heavy atom. The summed E-state index contributed by atoms with van der Waals surface area (Å²) in [6.07, 6.45) is 13.6. The zero-order chi connectivity index (χ0) is 16.0. The highest BCUT2D eigenvalue weighted by Gasteiger charge is 2.08. The van der Waals surface area contributed by atoms with E-state index in [4.69, 9.17) is 0 Å². The van der Waals surface area contributed by atoms with Crippen LogP contribution < -0.4 is 0 Å². The lowest BCUT2D eigenvalue weighted by Gasteiger charge is -2.11. The first-order valence-corrected chi connectivity index (χ1v) is 9.80. The topological polar surface area (TPSA) is 52.6 Å². The van der Waals surface area contributed by atoms with E-state index in [1.54, 1.807) is 0 Å². The van der Waals surface area contributed by atoms with E-state index >= 15 is 0 Å². The van der Waals surface area contributed by atoms with Crippen LogP contribution in [-0.4, -0.2) is 22.1 Å². The molecule has 0 bridgehead atoms. The summed E-state index contributed by atoms with van der Waals surface area (Å²) in [6, 6.07) is 0. The molecule has 0 radical (unpaired) electrons. The first-order valence-electron chi connectivity index (χ1n) is 8.46. The van der Waals surface area contributed by atoms with Gasteiger partial charge in [0.05, 0.1) is 13.7 Å². The molecule has 0 amide bonds. The summed E-state index contributed by atoms with van der Waals surface area (Å²) >= 11 is 0. The molecule has 1 atom stereocenters. The Kier molecular flexibility index (Phi) is 13.4. The van der Waals surface area contributed by atoms with Crippen LogP contribution >= 0.6 is 0 Å². The molecule has 0 aliphatic carbocycles. The molecular weight excluding hydrogens is 288 g/mol. The van der Waals surface area contributed by atoms with Gasteiger partial charge in [-0.2, -0.15) is 8.42 Å². The van der Waals surface area contributed by atoms with Gasteiger partial charge in [-0.1, -0.05) is 78.1 Å². The van der Waals surface area contributed by atoms with E-state index in [0.29, 0.717) is 0 Å². The van der Waals surface area contributed by atoms with Crippen molar-refractivity contribution in [1.29, 1.82) is 0 Å². The van der Waals surface area contributed by atoms with Crippen LogP contribution in [0.4, 0.5) is 0 Å². The summed E-state index contributed by atoms with van der Waals surface area (Å²) in [5.74, 6) is 0.778. The maximum atomic E-state index is 10.9. The Morgan fingerprint density at radius 2 is 1.38 bits per heavy atom. The van der Waals surface area contributed by atoms with Gasteiger partial charge in [-0.15, -0.1) is 0 Å². The first-order chi connectivity index (χ1) is 10.0. The lowest BCUT2D eigenvalue weighted by molar-refractivity contribution is 0.237. The minimum atomic E-state index is -3.74. The fourth-order valence-corrected chi connectivity index (χ4v) is 2.82. The molecule has 4 nitrogen and oxygen atoms in total. The van der Waals surface area contributed by atoms with E-state index in [1.807, 2.05) is 0 Å². The van der Waals surface area contributed by atoms with Gasteiger partial charge in [-0.05, 0) is 12.3 Å². The van der Waals surface area contributed by atoms with Gasteiger partial charge in [0.1, 0.15) is 0 Å². The standard InChI is InChI=1S/C16H34O4S/c1-4-5-6-7-8-10-13-16(2)14-11-9-12-15-20-21(17,18)19-3/h16H,4-15H2,1-3H3. The summed E-state index contributed by atoms with van der Waals surface area (Å²) in [7, 11) is -2.63. The molecule has 0 rings (SSSR count). The molecule has 0 aliphatic rings. The van der Waals surface area contributed by atoms with Gasteiger partial charge in [0.25, 0.3) is 0 Å². The van der Waals surface area contributed by atoms with Gasteiger partial charge >= 0.3 is 10.4 Å². The minimum absolute atomic E-state index is 0.224. The molecular formula is C16H34O4S. The number of rotatable bonds is 15. The van der Waals surface area contributed by atoms with Gasteiger partial charge in [0.2, 0.25) is 0 Å². The second kappa shape index (κ2) is 13.5. The van der Waals surface area contributed by atoms with Crippen LogP contribution in [0.15, 0.2) is 0 Å². The molecule has 0 N–H and O–H groups in total. The SMILES string of the molecule is CCCCCCCCC(C)CCCCCOS(=O)(=O)OC. The second-order valence-electron chi connectivity index (χ2n) is 5.91. The summed E-state index contributed by atoms with van der Waals surface area (Å²) in [5.41, 5.74) is 0. The van der Waals surface area contributed by atoms with Gasteiger partial charge in [0, 0.05) is 0 Å². The fraction of sp³-hybridized carbons (Fsp3) is 1.00. The molecule has 21 heavy (non-hydrogen) atoms. The van der Waals surface area contributed by atoms with Crippen molar-refractivity contribution < 1.29 is 16.8 Å². The zero-order valence-corrected chi connectivity index (χ0v) is 14.9. The maximum absolute atomic E-state index is 10.9. The summed E-state index contributed by atoms with van der Waals surface area (Å²) in [5, 5.41) is 0. The molecule has 0 saturated carbocycles. The van der Waals surface area contributed by atoms with Crippen LogP contribution in [0.25, 0.3) is 0 Å². The normalized spacial score (nSPS) is 13.5. The van der Waals surface area contributed by atoms with Crippen molar-refractivity contribution >= 4 is 10.4 Å². The van der Waals surface area contributed by atoms with Crippen molar-refractivity contribution in [3.05, 3.63) is 0 Å². The third kappa shape index (κ3) is 14.6. The summed E-state index contributed by atoms with van der Waals surface area (Å²) < 4.78 is 30.7. The van der Waals surface area contributed by atoms with Crippen LogP contribution in [0, 0.1) is 5.92 Å². The van der Waals surface area contributed by atoms with Crippen molar-refractivity contribution in [2.24, 2.45) is 5.92 Å². The zero-order valence-electron chi connectivity index (χ0n) is 14.1. The third-order valence-electron chi connectivity index (χ3n) is 3.82. The van der Waals surface area contributed by atoms with Gasteiger partial charge in [-0.3, -0.25) is 4.18 Å². The fourth-order valence-electron chi connectivity index (χ4n) is 2.40. The Hall–Kier alpha value is -0.130. The predicted molar refractivity (Wildman–Crippen MR) is 87.5 cm³/mol. The molecule has 0 aliphatic heterocycles. The van der Waals surface area contributed by atoms with E-state index < -0.39 is 10.4 Å². The lowest BCUT2D eigenvalue weighted by Crippen LogP contribution is -2.08. The maximum Gasteiger partial charge on any atom is 0.399 e. The van der Waals surface area contributed by atoms with Gasteiger partial charge in [-0.25, -0.2) is 4.18 Å². The minimum Gasteiger partial charge on any atom is -0.252 e. The average molecular weight is 323 g/mol. The van der Waals surface area contributed by atoms with E-state index in [2.05, 4.69) is 22.2 Å². The molecule has 0 aromatic heterocycles. The highest BCUT2D eigenvalue weighted by Crippen LogP contribution is 2.17. The summed E-state index contributed by atoms with van der Waals surface area (Å²) in [4.78, 5) is 0. The monoisotopic (exact) mass is 322 g/mol. The molecule has 1 unspecified atom stereocenters. The van der Waals surface area contributed by atoms with Crippen molar-refractivity contribution in [2.75, 3.05) is 13.7 Å². The number of hydrogen-bond acceptors (Lipinski definition) is 4. The molecule has 0 fully saturated rings. The van der Waals surface area contributed by atoms with E-state index in [-0.39, 0.29) is 6.61 Å². The van der Waals surface area contributed by atoms with Crippen LogP contribution in [0.3, 0.4) is 0 Å². The van der Waals surface area contributed by atoms with Gasteiger partial charge in [0.15, 0.2) is 0 Å². The first kappa shape index (κ1) is 20.9. The largest absolute Gasteiger partial charge is 0.399 e. The van der Waals surface area contributed by atoms with Gasteiger partial charge < -0.3 is 0 Å². The highest BCUT2D eigenvalue weighted by atomic mass is 32.3. The van der Waals surface area contributed by atoms with Crippen molar-refractivity contribution in [3.8, 4) is 0 Å². The van der Waals surface area contributed by atoms with Crippen molar-refractivity contribution in [1.82, 2.24) is 0 Å². The quantitative estimate of drug-likeness (QED) is 0.405. The van der Waals surface area contributed by atoms with Crippen LogP contribution in [0.2, 0.25) is 0 Å². The predicted octanol–water partition coefficient (Wildman–Crippen LogP) is 4.84. The molecule has 128 valence electrons. The van der Waals surface area contributed by atoms with Crippen LogP contribution in [0.5, 0.6) is 0 Å². The third-order valence-corrected chi connectivity index (χ3v) is 4.69. The van der Waals surface area contributed by atoms with Crippen LogP contribution in [0.1, 0.15) is 84.5 Å². The smallest absolute Gasteiger partial charge is 0.252 e. The van der Waals surface area contributed by atoms with E-state index in [1.165, 1.54) is 51.4 Å². The second-order valence-corrected chi connectivity index (χ2v) is 7.29. The number of unbranched alkanes of at least 4 members (excludes halogenated alkanes) is 7. The van der Waals surface area contributed by atoms with Crippen LogP contribution in [-0.2, 0) is 18.8 Å². The van der Waals surface area contributed by atoms with Crippen molar-refractivity contribution in [2.45, 2.75) is 84.5 Å². The molecule has 0 saturated heterocycles. The van der Waals surface area contributed by atoms with E-state index in [0.717, 1.165) is 32.3 Å². The molecule has 0 heterocycles. The molecule has 5 heteroatoms. The van der Waals surface area contributed by atoms with E-state index in [9.17, 15) is 8.42 Å². The number of hydrogen-bond donors (Lipinski definition) is 0. The Bertz CT molecular complexity index is 314. The molecule has 0 aromatic rings. The molecule has 0 spiro atoms. The Balaban J connectivity index is 3.32. The Morgan fingerprint density at radius 1 is 0.857 bits per heavy atom. The Labute approximate surface area is 131 Å². The molecule has 0 aromatic carbocycles. The lowest BCUT2D eigenvalue weighted by atomic mass is 9.96. The average Bonchev–Trinajstić information content (AvgIpc) is 2.46. The summed E-state index contributed by atoms with van der Waals surface area (Å²) in [6.45, 7) is 4.79. The van der Waals surface area contributed by atoms with Crippen molar-refractivity contribution in [3.63, 3.8) is 0 Å².